The van der Waals surface area contributed by atoms with E-state index in [2.05, 4.69) is 133 Å². The van der Waals surface area contributed by atoms with E-state index in [0.717, 1.165) is 6.16 Å². The monoisotopic (exact) mass is 494 g/mol. The molecule has 6 aromatic rings. The van der Waals surface area contributed by atoms with Crippen molar-refractivity contribution in [1.82, 2.24) is 0 Å². The van der Waals surface area contributed by atoms with Crippen molar-refractivity contribution in [2.75, 3.05) is 0 Å². The van der Waals surface area contributed by atoms with Crippen LogP contribution >= 0.6 is 28.5 Å². The van der Waals surface area contributed by atoms with E-state index in [4.69, 9.17) is 11.2 Å². The van der Waals surface area contributed by atoms with Gasteiger partial charge >= 0.3 is 210 Å². The van der Waals surface area contributed by atoms with Crippen LogP contribution in [0.15, 0.2) is 133 Å². The molecule has 1 aromatic heterocycles. The zero-order chi connectivity index (χ0) is 23.0. The van der Waals surface area contributed by atoms with Crippen LogP contribution in [0.1, 0.15) is 4.88 Å². The third-order valence-electron chi connectivity index (χ3n) is 6.81. The minimum atomic E-state index is -3.33. The molecule has 0 spiro atoms. The van der Waals surface area contributed by atoms with Gasteiger partial charge in [-0.2, -0.15) is 0 Å². The third kappa shape index (κ3) is 3.31. The van der Waals surface area contributed by atoms with Crippen molar-refractivity contribution in [3.8, 4) is 0 Å². The zero-order valence-electron chi connectivity index (χ0n) is 18.6. The van der Waals surface area contributed by atoms with Gasteiger partial charge in [-0.05, 0) is 0 Å². The molecule has 0 aliphatic carbocycles. The van der Waals surface area contributed by atoms with Gasteiger partial charge in [-0.3, -0.25) is 0 Å². The van der Waals surface area contributed by atoms with E-state index in [1.165, 1.54) is 41.6 Å². The summed E-state index contributed by atoms with van der Waals surface area (Å²) in [7, 11) is 0. The standard InChI is InChI=1S/C31H24ClPS/c32-33(25-13-4-1-5-14-25,26-15-6-2-7-16-26,27-17-8-3-9-18-27)23-28-22-30-29-19-11-10-12-24(29)20-21-31(30)34-28/h1-22H,23H2. The topological polar surface area (TPSA) is 0 Å². The van der Waals surface area contributed by atoms with Gasteiger partial charge in [-0.1, -0.05) is 0 Å². The molecule has 0 saturated carbocycles. The summed E-state index contributed by atoms with van der Waals surface area (Å²) in [5.41, 5.74) is 0. The van der Waals surface area contributed by atoms with Crippen LogP contribution in [0, 0.1) is 0 Å². The molecule has 0 N–H and O–H groups in total. The van der Waals surface area contributed by atoms with E-state index in [0.29, 0.717) is 0 Å². The Kier molecular flexibility index (Phi) is 5.30. The number of rotatable bonds is 5. The van der Waals surface area contributed by atoms with Gasteiger partial charge < -0.3 is 0 Å². The molecule has 34 heavy (non-hydrogen) atoms. The Morgan fingerprint density at radius 3 is 1.59 bits per heavy atom. The molecule has 0 amide bonds. The van der Waals surface area contributed by atoms with Crippen molar-refractivity contribution in [1.29, 1.82) is 0 Å². The fraction of sp³-hybridized carbons (Fsp3) is 0.0323. The first-order chi connectivity index (χ1) is 16.7. The number of benzene rings is 5. The molecule has 0 radical (unpaired) electrons. The molecule has 0 aliphatic heterocycles. The predicted molar refractivity (Wildman–Crippen MR) is 154 cm³/mol. The fourth-order valence-corrected chi connectivity index (χ4v) is 13.2. The Bertz CT molecular complexity index is 1490. The molecule has 6 rings (SSSR count). The van der Waals surface area contributed by atoms with Gasteiger partial charge in [0, 0.05) is 0 Å². The van der Waals surface area contributed by atoms with Crippen molar-refractivity contribution < 1.29 is 0 Å². The summed E-state index contributed by atoms with van der Waals surface area (Å²) in [6.07, 6.45) is 0.777. The van der Waals surface area contributed by atoms with Gasteiger partial charge in [0.25, 0.3) is 0 Å². The van der Waals surface area contributed by atoms with Crippen LogP contribution in [0.25, 0.3) is 20.9 Å². The van der Waals surface area contributed by atoms with Gasteiger partial charge in [-0.15, -0.1) is 0 Å². The molecule has 5 aromatic carbocycles. The first-order valence-corrected chi connectivity index (χ1v) is 15.6. The van der Waals surface area contributed by atoms with Gasteiger partial charge in [0.05, 0.1) is 0 Å². The Labute approximate surface area is 209 Å². The van der Waals surface area contributed by atoms with Crippen LogP contribution in [0.2, 0.25) is 0 Å². The molecule has 3 heteroatoms. The summed E-state index contributed by atoms with van der Waals surface area (Å²) < 4.78 is 1.31. The Morgan fingerprint density at radius 1 is 0.529 bits per heavy atom. The minimum absolute atomic E-state index is 0.777. The number of hydrogen-bond acceptors (Lipinski definition) is 1. The number of fused-ring (bicyclic) bond motifs is 3. The molecule has 166 valence electrons. The van der Waals surface area contributed by atoms with Crippen molar-refractivity contribution in [3.63, 3.8) is 0 Å². The zero-order valence-corrected chi connectivity index (χ0v) is 21.1. The molecule has 0 fully saturated rings. The molecule has 1 heterocycles. The van der Waals surface area contributed by atoms with Gasteiger partial charge in [-0.25, -0.2) is 0 Å². The Morgan fingerprint density at radius 2 is 1.03 bits per heavy atom. The number of hydrogen-bond donors (Lipinski definition) is 0. The molecule has 0 aliphatic rings. The third-order valence-corrected chi connectivity index (χ3v) is 15.3. The van der Waals surface area contributed by atoms with Crippen LogP contribution in [-0.2, 0) is 6.16 Å². The number of thiophene rings is 1. The summed E-state index contributed by atoms with van der Waals surface area (Å²) in [5.74, 6) is -3.33. The van der Waals surface area contributed by atoms with E-state index in [-0.39, 0.29) is 0 Å². The maximum absolute atomic E-state index is 8.29. The molecule has 0 saturated heterocycles. The average Bonchev–Trinajstić information content (AvgIpc) is 3.33. The second kappa shape index (κ2) is 8.36. The van der Waals surface area contributed by atoms with Crippen LogP contribution in [0.3, 0.4) is 0 Å². The summed E-state index contributed by atoms with van der Waals surface area (Å²) in [4.78, 5) is 1.32. The molecular weight excluding hydrogens is 471 g/mol. The SMILES string of the molecule is ClP(Cc1cc2c(ccc3ccccc32)s1)(c1ccccc1)(c1ccccc1)c1ccccc1. The van der Waals surface area contributed by atoms with E-state index < -0.39 is 5.96 Å². The predicted octanol–water partition coefficient (Wildman–Crippen LogP) is 8.24. The Hall–Kier alpha value is -2.96. The fourth-order valence-electron chi connectivity index (χ4n) is 5.15. The van der Waals surface area contributed by atoms with Gasteiger partial charge in [0.1, 0.15) is 0 Å². The first-order valence-electron chi connectivity index (χ1n) is 11.5. The summed E-state index contributed by atoms with van der Waals surface area (Å²) in [6.45, 7) is 0. The summed E-state index contributed by atoms with van der Waals surface area (Å²) in [5, 5.41) is 7.50. The maximum atomic E-state index is 8.29. The van der Waals surface area contributed by atoms with Crippen molar-refractivity contribution in [2.45, 2.75) is 6.16 Å². The van der Waals surface area contributed by atoms with Crippen LogP contribution in [0.5, 0.6) is 0 Å². The quantitative estimate of drug-likeness (QED) is 0.212. The van der Waals surface area contributed by atoms with E-state index in [9.17, 15) is 0 Å². The molecular formula is C31H24ClPS. The van der Waals surface area contributed by atoms with E-state index in [1.54, 1.807) is 0 Å². The van der Waals surface area contributed by atoms with Crippen LogP contribution in [0.4, 0.5) is 0 Å². The van der Waals surface area contributed by atoms with Crippen molar-refractivity contribution in [2.24, 2.45) is 0 Å². The van der Waals surface area contributed by atoms with E-state index in [1.807, 2.05) is 11.3 Å². The average molecular weight is 495 g/mol. The molecule has 0 atom stereocenters. The van der Waals surface area contributed by atoms with Crippen LogP contribution < -0.4 is 15.9 Å². The van der Waals surface area contributed by atoms with Crippen molar-refractivity contribution in [3.05, 3.63) is 138 Å². The first kappa shape index (κ1) is 21.6. The molecule has 0 bridgehead atoms. The second-order valence-electron chi connectivity index (χ2n) is 8.76. The second-order valence-corrected chi connectivity index (χ2v) is 16.4. The van der Waals surface area contributed by atoms with Gasteiger partial charge in [0.2, 0.25) is 0 Å². The van der Waals surface area contributed by atoms with Crippen molar-refractivity contribution >= 4 is 65.3 Å². The summed E-state index contributed by atoms with van der Waals surface area (Å²) in [6, 6.07) is 47.7. The normalized spacial score (nSPS) is 13.0. The Balaban J connectivity index is 1.66. The molecule has 0 unspecified atom stereocenters. The number of halogens is 1. The van der Waals surface area contributed by atoms with Crippen LogP contribution in [-0.4, -0.2) is 0 Å². The summed E-state index contributed by atoms with van der Waals surface area (Å²) >= 11 is 10.2. The van der Waals surface area contributed by atoms with E-state index >= 15 is 0 Å². The van der Waals surface area contributed by atoms with Gasteiger partial charge in [0.15, 0.2) is 0 Å². The molecule has 0 nitrogen and oxygen atoms in total.